The van der Waals surface area contributed by atoms with E-state index < -0.39 is 12.0 Å². The van der Waals surface area contributed by atoms with Gasteiger partial charge in [0.2, 0.25) is 5.91 Å². The Hall–Kier alpha value is -1.99. The Morgan fingerprint density at radius 2 is 1.91 bits per heavy atom. The van der Waals surface area contributed by atoms with Gasteiger partial charge in [-0.3, -0.25) is 9.59 Å². The van der Waals surface area contributed by atoms with Gasteiger partial charge in [0.1, 0.15) is 18.4 Å². The number of nitrogens with zero attached hydrogens (tertiary/aromatic N) is 1. The predicted octanol–water partition coefficient (Wildman–Crippen LogP) is 0.809. The highest BCUT2D eigenvalue weighted by molar-refractivity contribution is 5.86. The molecule has 118 valence electrons. The first-order valence-corrected chi connectivity index (χ1v) is 7.33. The number of hydrogen-bond acceptors (Lipinski definition) is 4. The number of amides is 1. The summed E-state index contributed by atoms with van der Waals surface area (Å²) in [6, 6.07) is 5.61. The molecule has 6 nitrogen and oxygen atoms in total. The highest BCUT2D eigenvalue weighted by Crippen LogP contribution is 2.29. The van der Waals surface area contributed by atoms with Crippen molar-refractivity contribution in [2.24, 2.45) is 0 Å². The van der Waals surface area contributed by atoms with E-state index in [1.807, 2.05) is 0 Å². The van der Waals surface area contributed by atoms with E-state index in [4.69, 9.17) is 5.11 Å². The van der Waals surface area contributed by atoms with E-state index in [1.54, 1.807) is 12.1 Å². The number of aliphatic carboxylic acids is 1. The fourth-order valence-corrected chi connectivity index (χ4v) is 2.75. The van der Waals surface area contributed by atoms with Gasteiger partial charge < -0.3 is 10.0 Å². The minimum atomic E-state index is -0.999. The summed E-state index contributed by atoms with van der Waals surface area (Å²) in [6.07, 6.45) is 2.23. The number of carboxylic acids is 1. The van der Waals surface area contributed by atoms with E-state index in [9.17, 15) is 14.0 Å². The Bertz CT molecular complexity index is 574. The molecule has 7 heteroatoms. The Morgan fingerprint density at radius 1 is 1.23 bits per heavy atom. The second-order valence-electron chi connectivity index (χ2n) is 5.77. The molecular formula is C15H18FN3O3. The summed E-state index contributed by atoms with van der Waals surface area (Å²) in [6.45, 7) is -0.261. The lowest BCUT2D eigenvalue weighted by Gasteiger charge is -2.23. The Labute approximate surface area is 127 Å². The maximum Gasteiger partial charge on any atom is 0.323 e. The first kappa shape index (κ1) is 14.9. The van der Waals surface area contributed by atoms with Crippen molar-refractivity contribution in [2.75, 3.05) is 6.54 Å². The third kappa shape index (κ3) is 3.26. The minimum Gasteiger partial charge on any atom is -0.480 e. The van der Waals surface area contributed by atoms with E-state index >= 15 is 0 Å². The third-order valence-electron chi connectivity index (χ3n) is 4.05. The smallest absolute Gasteiger partial charge is 0.323 e. The molecule has 1 heterocycles. The van der Waals surface area contributed by atoms with Crippen molar-refractivity contribution in [1.82, 2.24) is 15.8 Å². The molecule has 22 heavy (non-hydrogen) atoms. The molecule has 1 saturated heterocycles. The third-order valence-corrected chi connectivity index (χ3v) is 4.05. The topological polar surface area (TPSA) is 81.7 Å². The largest absolute Gasteiger partial charge is 0.480 e. The van der Waals surface area contributed by atoms with Crippen molar-refractivity contribution in [3.05, 3.63) is 35.6 Å². The average Bonchev–Trinajstić information content (AvgIpc) is 3.21. The summed E-state index contributed by atoms with van der Waals surface area (Å²) in [5.74, 6) is -1.49. The van der Waals surface area contributed by atoms with Gasteiger partial charge in [0.25, 0.3) is 0 Å². The zero-order chi connectivity index (χ0) is 15.7. The van der Waals surface area contributed by atoms with Gasteiger partial charge in [0.05, 0.1) is 0 Å². The van der Waals surface area contributed by atoms with Gasteiger partial charge in [-0.2, -0.15) is 0 Å². The van der Waals surface area contributed by atoms with Crippen LogP contribution in [0.1, 0.15) is 30.9 Å². The minimum absolute atomic E-state index is 0.0512. The summed E-state index contributed by atoms with van der Waals surface area (Å²) in [7, 11) is 0. The molecule has 1 aliphatic carbocycles. The molecule has 2 atom stereocenters. The van der Waals surface area contributed by atoms with Gasteiger partial charge in [0, 0.05) is 12.1 Å². The highest BCUT2D eigenvalue weighted by atomic mass is 19.1. The molecule has 1 amide bonds. The van der Waals surface area contributed by atoms with Crippen LogP contribution in [0.2, 0.25) is 0 Å². The van der Waals surface area contributed by atoms with Crippen molar-refractivity contribution in [2.45, 2.75) is 37.4 Å². The Kier molecular flexibility index (Phi) is 4.08. The molecule has 1 aromatic carbocycles. The monoisotopic (exact) mass is 307 g/mol. The number of halogens is 1. The molecule has 1 aliphatic heterocycles. The zero-order valence-electron chi connectivity index (χ0n) is 12.0. The van der Waals surface area contributed by atoms with E-state index in [-0.39, 0.29) is 30.4 Å². The number of carboxylic acid groups (broad SMARTS) is 1. The summed E-state index contributed by atoms with van der Waals surface area (Å²) >= 11 is 0. The fraction of sp³-hybridized carbons (Fsp3) is 0.467. The average molecular weight is 307 g/mol. The van der Waals surface area contributed by atoms with E-state index in [2.05, 4.69) is 10.9 Å². The molecule has 0 bridgehead atoms. The van der Waals surface area contributed by atoms with Crippen LogP contribution in [-0.2, 0) is 9.59 Å². The van der Waals surface area contributed by atoms with Crippen molar-refractivity contribution < 1.29 is 19.1 Å². The second kappa shape index (κ2) is 6.02. The molecule has 3 N–H and O–H groups in total. The van der Waals surface area contributed by atoms with Gasteiger partial charge in [-0.15, -0.1) is 0 Å². The van der Waals surface area contributed by atoms with Crippen LogP contribution in [0.15, 0.2) is 24.3 Å². The van der Waals surface area contributed by atoms with Gasteiger partial charge >= 0.3 is 5.97 Å². The number of carbonyl (C=O) groups excluding carboxylic acids is 1. The van der Waals surface area contributed by atoms with Crippen LogP contribution >= 0.6 is 0 Å². The normalized spacial score (nSPS) is 24.2. The van der Waals surface area contributed by atoms with Crippen molar-refractivity contribution in [3.63, 3.8) is 0 Å². The van der Waals surface area contributed by atoms with E-state index in [0.29, 0.717) is 6.42 Å². The molecule has 1 saturated carbocycles. The van der Waals surface area contributed by atoms with Crippen LogP contribution in [0.25, 0.3) is 0 Å². The molecule has 2 aliphatic rings. The number of nitrogens with one attached hydrogen (secondary N) is 2. The highest BCUT2D eigenvalue weighted by Gasteiger charge is 2.39. The van der Waals surface area contributed by atoms with Crippen molar-refractivity contribution >= 4 is 11.9 Å². The summed E-state index contributed by atoms with van der Waals surface area (Å²) in [5.41, 5.74) is 6.84. The Morgan fingerprint density at radius 3 is 2.50 bits per heavy atom. The standard InChI is InChI=1S/C15H18FN3O3/c16-10-3-1-9(2-4-10)12-7-13(18-17-12)15(22)19(8-14(20)21)11-5-6-11/h1-4,11-13,17-18H,5-8H2,(H,20,21). The molecule has 0 aromatic heterocycles. The molecule has 1 aromatic rings. The van der Waals surface area contributed by atoms with Gasteiger partial charge in [0.15, 0.2) is 0 Å². The first-order valence-electron chi connectivity index (χ1n) is 7.33. The maximum atomic E-state index is 12.9. The Balaban J connectivity index is 1.64. The van der Waals surface area contributed by atoms with Crippen LogP contribution < -0.4 is 10.9 Å². The van der Waals surface area contributed by atoms with Crippen LogP contribution in [0.5, 0.6) is 0 Å². The van der Waals surface area contributed by atoms with Crippen LogP contribution in [-0.4, -0.2) is 40.5 Å². The van der Waals surface area contributed by atoms with E-state index in [1.165, 1.54) is 17.0 Å². The zero-order valence-corrected chi connectivity index (χ0v) is 12.0. The molecule has 0 spiro atoms. The lowest BCUT2D eigenvalue weighted by atomic mass is 10.0. The summed E-state index contributed by atoms with van der Waals surface area (Å²) < 4.78 is 12.9. The number of benzene rings is 1. The molecule has 2 fully saturated rings. The summed E-state index contributed by atoms with van der Waals surface area (Å²) in [5, 5.41) is 8.94. The van der Waals surface area contributed by atoms with Gasteiger partial charge in [-0.05, 0) is 37.0 Å². The number of rotatable bonds is 5. The lowest BCUT2D eigenvalue weighted by Crippen LogP contribution is -2.48. The molecular weight excluding hydrogens is 289 g/mol. The predicted molar refractivity (Wildman–Crippen MR) is 76.2 cm³/mol. The molecule has 0 radical (unpaired) electrons. The van der Waals surface area contributed by atoms with Gasteiger partial charge in [-0.25, -0.2) is 15.2 Å². The summed E-state index contributed by atoms with van der Waals surface area (Å²) in [4.78, 5) is 24.8. The number of carbonyl (C=O) groups is 2. The van der Waals surface area contributed by atoms with Crippen molar-refractivity contribution in [3.8, 4) is 0 Å². The van der Waals surface area contributed by atoms with Crippen LogP contribution in [0.3, 0.4) is 0 Å². The maximum absolute atomic E-state index is 12.9. The molecule has 3 rings (SSSR count). The van der Waals surface area contributed by atoms with Crippen LogP contribution in [0.4, 0.5) is 4.39 Å². The SMILES string of the molecule is O=C(O)CN(C(=O)C1CC(c2ccc(F)cc2)NN1)C1CC1. The molecule has 2 unspecified atom stereocenters. The lowest BCUT2D eigenvalue weighted by molar-refractivity contribution is -0.145. The second-order valence-corrected chi connectivity index (χ2v) is 5.77. The van der Waals surface area contributed by atoms with Crippen LogP contribution in [0, 0.1) is 5.82 Å². The quantitative estimate of drug-likeness (QED) is 0.750. The van der Waals surface area contributed by atoms with Crippen molar-refractivity contribution in [1.29, 1.82) is 0 Å². The number of hydrazine groups is 1. The first-order chi connectivity index (χ1) is 10.5. The number of hydrogen-bond donors (Lipinski definition) is 3. The van der Waals surface area contributed by atoms with Gasteiger partial charge in [-0.1, -0.05) is 12.1 Å². The van der Waals surface area contributed by atoms with E-state index in [0.717, 1.165) is 18.4 Å². The fourth-order valence-electron chi connectivity index (χ4n) is 2.75.